The Hall–Kier alpha value is -2.38. The summed E-state index contributed by atoms with van der Waals surface area (Å²) in [5.41, 5.74) is 0.410. The van der Waals surface area contributed by atoms with E-state index in [9.17, 15) is 24.3 Å². The van der Waals surface area contributed by atoms with Gasteiger partial charge in [-0.1, -0.05) is 46.8 Å². The third-order valence-corrected chi connectivity index (χ3v) is 17.1. The Balaban J connectivity index is 1.23. The Kier molecular flexibility index (Phi) is 9.69. The summed E-state index contributed by atoms with van der Waals surface area (Å²) in [6.07, 6.45) is 12.1. The van der Waals surface area contributed by atoms with Gasteiger partial charge in [0.1, 0.15) is 6.10 Å². The maximum atomic E-state index is 14.1. The van der Waals surface area contributed by atoms with Gasteiger partial charge in [-0.3, -0.25) is 19.2 Å². The van der Waals surface area contributed by atoms with E-state index in [1.807, 2.05) is 4.90 Å². The topological polar surface area (TPSA) is 113 Å². The highest BCUT2D eigenvalue weighted by atomic mass is 16.5. The van der Waals surface area contributed by atoms with Crippen LogP contribution in [0.15, 0.2) is 12.2 Å². The minimum absolute atomic E-state index is 0.0143. The number of hydrogen-bond acceptors (Lipinski definition) is 5. The van der Waals surface area contributed by atoms with Gasteiger partial charge in [-0.2, -0.15) is 0 Å². The number of carbonyl (C=O) groups excluding carboxylic acids is 3. The van der Waals surface area contributed by atoms with Crippen molar-refractivity contribution in [1.29, 1.82) is 0 Å². The number of ether oxygens (including phenoxy) is 1. The first kappa shape index (κ1) is 38.3. The molecule has 0 aromatic heterocycles. The van der Waals surface area contributed by atoms with E-state index in [0.717, 1.165) is 64.3 Å². The summed E-state index contributed by atoms with van der Waals surface area (Å²) in [7, 11) is 0. The molecule has 1 aliphatic heterocycles. The van der Waals surface area contributed by atoms with Crippen molar-refractivity contribution in [2.24, 2.45) is 62.1 Å². The second kappa shape index (κ2) is 12.9. The molecule has 5 aliphatic carbocycles. The van der Waals surface area contributed by atoms with Crippen LogP contribution in [0.25, 0.3) is 0 Å². The quantitative estimate of drug-likeness (QED) is 0.194. The number of rotatable bonds is 8. The summed E-state index contributed by atoms with van der Waals surface area (Å²) < 4.78 is 6.18. The molecule has 11 atom stereocenters. The minimum Gasteiger partial charge on any atom is -0.481 e. The Morgan fingerprint density at radius 1 is 0.863 bits per heavy atom. The summed E-state index contributed by atoms with van der Waals surface area (Å²) >= 11 is 0. The second-order valence-corrected chi connectivity index (χ2v) is 20.5. The van der Waals surface area contributed by atoms with Gasteiger partial charge in [-0.25, -0.2) is 0 Å². The molecule has 8 nitrogen and oxygen atoms in total. The molecule has 2 N–H and O–H groups in total. The van der Waals surface area contributed by atoms with Gasteiger partial charge < -0.3 is 20.1 Å². The smallest absolute Gasteiger partial charge is 0.309 e. The zero-order valence-corrected chi connectivity index (χ0v) is 33.3. The van der Waals surface area contributed by atoms with Crippen LogP contribution >= 0.6 is 0 Å². The number of nitrogens with one attached hydrogen (secondary N) is 1. The summed E-state index contributed by atoms with van der Waals surface area (Å²) in [5.74, 6) is 1.34. The van der Waals surface area contributed by atoms with Crippen LogP contribution < -0.4 is 5.32 Å². The predicted octanol–water partition coefficient (Wildman–Crippen LogP) is 8.18. The summed E-state index contributed by atoms with van der Waals surface area (Å²) in [5, 5.41) is 12.6. The number of amides is 2. The van der Waals surface area contributed by atoms with Crippen LogP contribution in [0.1, 0.15) is 146 Å². The normalized spacial score (nSPS) is 42.8. The van der Waals surface area contributed by atoms with Gasteiger partial charge >= 0.3 is 11.9 Å². The van der Waals surface area contributed by atoms with Gasteiger partial charge in [-0.05, 0) is 143 Å². The number of allylic oxidation sites excluding steroid dienone is 1. The molecule has 0 radical (unpaired) electrons. The molecular formula is C43H68N2O6. The van der Waals surface area contributed by atoms with E-state index in [-0.39, 0.29) is 57.5 Å². The van der Waals surface area contributed by atoms with Crippen LogP contribution in [0.3, 0.4) is 0 Å². The largest absolute Gasteiger partial charge is 0.481 e. The van der Waals surface area contributed by atoms with Gasteiger partial charge in [0, 0.05) is 37.9 Å². The van der Waals surface area contributed by atoms with E-state index < -0.39 is 17.4 Å². The van der Waals surface area contributed by atoms with Crippen LogP contribution in [-0.2, 0) is 23.9 Å². The fourth-order valence-corrected chi connectivity index (χ4v) is 14.2. The van der Waals surface area contributed by atoms with Gasteiger partial charge in [0.15, 0.2) is 0 Å². The molecule has 1 heterocycles. The summed E-state index contributed by atoms with van der Waals surface area (Å²) in [6.45, 7) is 25.3. The first-order valence-electron chi connectivity index (χ1n) is 20.2. The van der Waals surface area contributed by atoms with Crippen molar-refractivity contribution in [3.05, 3.63) is 12.2 Å². The van der Waals surface area contributed by atoms with Crippen molar-refractivity contribution < 1.29 is 29.0 Å². The number of fused-ring (bicyclic) bond motifs is 7. The van der Waals surface area contributed by atoms with Crippen molar-refractivity contribution in [2.75, 3.05) is 13.1 Å². The average molecular weight is 709 g/mol. The van der Waals surface area contributed by atoms with Gasteiger partial charge in [0.05, 0.1) is 11.8 Å². The lowest BCUT2D eigenvalue weighted by molar-refractivity contribution is -0.250. The fraction of sp³-hybridized carbons (Fsp3) is 0.860. The van der Waals surface area contributed by atoms with Gasteiger partial charge in [0.2, 0.25) is 11.8 Å². The van der Waals surface area contributed by atoms with Gasteiger partial charge in [0.25, 0.3) is 0 Å². The van der Waals surface area contributed by atoms with E-state index >= 15 is 0 Å². The number of carboxylic acids is 1. The lowest BCUT2D eigenvalue weighted by Gasteiger charge is -2.73. The summed E-state index contributed by atoms with van der Waals surface area (Å²) in [6, 6.07) is 0.0593. The molecule has 6 fully saturated rings. The molecule has 0 unspecified atom stereocenters. The molecule has 2 amide bonds. The van der Waals surface area contributed by atoms with Crippen molar-refractivity contribution in [3.8, 4) is 0 Å². The van der Waals surface area contributed by atoms with Crippen LogP contribution in [0.4, 0.5) is 0 Å². The lowest BCUT2D eigenvalue weighted by Crippen LogP contribution is -2.67. The summed E-state index contributed by atoms with van der Waals surface area (Å²) in [4.78, 5) is 52.6. The van der Waals surface area contributed by atoms with E-state index in [4.69, 9.17) is 4.74 Å². The Morgan fingerprint density at radius 3 is 2.22 bits per heavy atom. The Morgan fingerprint density at radius 2 is 1.57 bits per heavy atom. The van der Waals surface area contributed by atoms with Crippen molar-refractivity contribution >= 4 is 23.8 Å². The SMILES string of the molecule is C=C(C)[C@@H]1CC[C@]2(CC(=O)N3CC[C@H](NC(C)=O)C3)CC[C@]3(C)[C@H](CC[C@@H]4[C@@]5(C)CC[C@H](OC(=O)CC(C)(C)C(=O)O)C(C)(C)[C@@H]5CC[C@]43C)[C@@H]12. The third kappa shape index (κ3) is 6.09. The highest BCUT2D eigenvalue weighted by Gasteiger charge is 2.71. The first-order chi connectivity index (χ1) is 23.6. The maximum Gasteiger partial charge on any atom is 0.309 e. The molecule has 51 heavy (non-hydrogen) atoms. The number of aliphatic carboxylic acids is 1. The standard InChI is InChI=1S/C43H68N2O6/c1-26(2)29-13-19-43(23-34(47)45-22-16-28(25-45)44-27(3)46)21-20-41(9)30(36(29)43)11-12-32-40(8)17-15-33(51-35(48)24-38(4,5)37(49)50)39(6,7)31(40)14-18-42(32,41)10/h28-33,36H,1,11-25H2,2-10H3,(H,44,46)(H,49,50)/t28-,29-,30+,31-,32+,33-,36+,40-,41+,42+,43+/m0/s1. The van der Waals surface area contributed by atoms with Crippen LogP contribution in [0.2, 0.25) is 0 Å². The molecule has 286 valence electrons. The number of hydrogen-bond donors (Lipinski definition) is 2. The molecule has 0 spiro atoms. The zero-order chi connectivity index (χ0) is 37.5. The molecular weight excluding hydrogens is 640 g/mol. The van der Waals surface area contributed by atoms with Crippen LogP contribution in [0.5, 0.6) is 0 Å². The molecule has 1 saturated heterocycles. The highest BCUT2D eigenvalue weighted by molar-refractivity contribution is 5.81. The Bertz CT molecular complexity index is 1450. The number of carboxylic acid groups (broad SMARTS) is 1. The number of esters is 1. The van der Waals surface area contributed by atoms with Crippen LogP contribution in [0, 0.1) is 62.1 Å². The Labute approximate surface area is 307 Å². The van der Waals surface area contributed by atoms with Gasteiger partial charge in [-0.15, -0.1) is 0 Å². The molecule has 6 rings (SSSR count). The van der Waals surface area contributed by atoms with Crippen molar-refractivity contribution in [2.45, 2.75) is 158 Å². The van der Waals surface area contributed by atoms with Crippen molar-refractivity contribution in [3.63, 3.8) is 0 Å². The molecule has 5 saturated carbocycles. The molecule has 8 heteroatoms. The van der Waals surface area contributed by atoms with E-state index in [1.54, 1.807) is 20.8 Å². The monoisotopic (exact) mass is 709 g/mol. The zero-order valence-electron chi connectivity index (χ0n) is 33.3. The lowest BCUT2D eigenvalue weighted by atomic mass is 9.32. The van der Waals surface area contributed by atoms with E-state index in [2.05, 4.69) is 53.4 Å². The van der Waals surface area contributed by atoms with E-state index in [1.165, 1.54) is 18.4 Å². The van der Waals surface area contributed by atoms with Crippen molar-refractivity contribution in [1.82, 2.24) is 10.2 Å². The predicted molar refractivity (Wildman–Crippen MR) is 198 cm³/mol. The number of nitrogens with zero attached hydrogens (tertiary/aromatic N) is 1. The highest BCUT2D eigenvalue weighted by Crippen LogP contribution is 2.78. The molecule has 0 aromatic rings. The molecule has 6 aliphatic rings. The first-order valence-corrected chi connectivity index (χ1v) is 20.2. The minimum atomic E-state index is -1.15. The molecule has 0 aromatic carbocycles. The van der Waals surface area contributed by atoms with Crippen LogP contribution in [-0.4, -0.2) is 59.0 Å². The number of likely N-dealkylation sites (tertiary alicyclic amines) is 1. The average Bonchev–Trinajstić information content (AvgIpc) is 3.63. The fourth-order valence-electron chi connectivity index (χ4n) is 14.2. The van der Waals surface area contributed by atoms with E-state index in [0.29, 0.717) is 42.6 Å². The maximum absolute atomic E-state index is 14.1. The number of carbonyl (C=O) groups is 4. The molecule has 0 bridgehead atoms. The second-order valence-electron chi connectivity index (χ2n) is 20.5. The third-order valence-electron chi connectivity index (χ3n) is 17.1.